The highest BCUT2D eigenvalue weighted by Gasteiger charge is 2.24. The molecular formula is C18H15BrClNO3. The van der Waals surface area contributed by atoms with E-state index >= 15 is 0 Å². The Morgan fingerprint density at radius 1 is 1.17 bits per heavy atom. The minimum atomic E-state index is -0.437. The number of nitrogens with zero attached hydrogens (tertiary/aromatic N) is 1. The molecule has 0 amide bonds. The van der Waals surface area contributed by atoms with Crippen molar-refractivity contribution in [1.82, 2.24) is 4.57 Å². The van der Waals surface area contributed by atoms with Crippen molar-refractivity contribution < 1.29 is 14.3 Å². The van der Waals surface area contributed by atoms with Crippen LogP contribution in [0.3, 0.4) is 0 Å². The SMILES string of the molecule is COC(=O)c1c(OC)c2cc(Br)ccc2n1Cc1ccc(Cl)cc1. The molecule has 0 N–H and O–H groups in total. The van der Waals surface area contributed by atoms with Gasteiger partial charge in [-0.05, 0) is 35.9 Å². The van der Waals surface area contributed by atoms with Crippen molar-refractivity contribution in [2.24, 2.45) is 0 Å². The molecule has 3 aromatic rings. The molecule has 0 unspecified atom stereocenters. The largest absolute Gasteiger partial charge is 0.494 e. The van der Waals surface area contributed by atoms with Crippen molar-refractivity contribution in [3.63, 3.8) is 0 Å². The molecule has 0 aliphatic heterocycles. The maximum atomic E-state index is 12.4. The zero-order chi connectivity index (χ0) is 17.3. The van der Waals surface area contributed by atoms with E-state index in [4.69, 9.17) is 21.1 Å². The summed E-state index contributed by atoms with van der Waals surface area (Å²) >= 11 is 9.41. The molecule has 124 valence electrons. The number of fused-ring (bicyclic) bond motifs is 1. The molecule has 1 heterocycles. The summed E-state index contributed by atoms with van der Waals surface area (Å²) in [5, 5.41) is 1.52. The monoisotopic (exact) mass is 407 g/mol. The zero-order valence-electron chi connectivity index (χ0n) is 13.2. The van der Waals surface area contributed by atoms with E-state index in [-0.39, 0.29) is 0 Å². The summed E-state index contributed by atoms with van der Waals surface area (Å²) in [5.74, 6) is 0.0697. The highest BCUT2D eigenvalue weighted by Crippen LogP contribution is 2.36. The van der Waals surface area contributed by atoms with Gasteiger partial charge in [0.25, 0.3) is 0 Å². The van der Waals surface area contributed by atoms with Crippen molar-refractivity contribution in [2.45, 2.75) is 6.54 Å². The molecule has 24 heavy (non-hydrogen) atoms. The average Bonchev–Trinajstić information content (AvgIpc) is 2.88. The van der Waals surface area contributed by atoms with Gasteiger partial charge in [0.2, 0.25) is 0 Å². The van der Waals surface area contributed by atoms with Crippen LogP contribution >= 0.6 is 27.5 Å². The molecule has 0 bridgehead atoms. The number of hydrogen-bond acceptors (Lipinski definition) is 3. The molecule has 0 saturated carbocycles. The number of carbonyl (C=O) groups excluding carboxylic acids is 1. The van der Waals surface area contributed by atoms with Gasteiger partial charge in [0, 0.05) is 21.4 Å². The summed E-state index contributed by atoms with van der Waals surface area (Å²) < 4.78 is 13.3. The van der Waals surface area contributed by atoms with E-state index < -0.39 is 5.97 Å². The molecule has 0 aliphatic rings. The van der Waals surface area contributed by atoms with Gasteiger partial charge in [0.05, 0.1) is 19.7 Å². The van der Waals surface area contributed by atoms with Gasteiger partial charge in [-0.25, -0.2) is 4.79 Å². The van der Waals surface area contributed by atoms with E-state index in [1.165, 1.54) is 7.11 Å². The third kappa shape index (κ3) is 3.01. The first-order valence-corrected chi connectivity index (χ1v) is 8.40. The van der Waals surface area contributed by atoms with E-state index in [2.05, 4.69) is 15.9 Å². The van der Waals surface area contributed by atoms with Gasteiger partial charge < -0.3 is 14.0 Å². The Labute approximate surface area is 153 Å². The lowest BCUT2D eigenvalue weighted by Crippen LogP contribution is -2.12. The van der Waals surface area contributed by atoms with E-state index in [0.29, 0.717) is 23.0 Å². The highest BCUT2D eigenvalue weighted by molar-refractivity contribution is 9.10. The molecule has 1 aromatic heterocycles. The lowest BCUT2D eigenvalue weighted by atomic mass is 10.2. The molecule has 4 nitrogen and oxygen atoms in total. The highest BCUT2D eigenvalue weighted by atomic mass is 79.9. The minimum absolute atomic E-state index is 0.392. The van der Waals surface area contributed by atoms with Crippen LogP contribution in [0.4, 0.5) is 0 Å². The maximum Gasteiger partial charge on any atom is 0.358 e. The van der Waals surface area contributed by atoms with Crippen LogP contribution in [0, 0.1) is 0 Å². The summed E-state index contributed by atoms with van der Waals surface area (Å²) in [6.45, 7) is 0.503. The van der Waals surface area contributed by atoms with E-state index in [9.17, 15) is 4.79 Å². The molecule has 0 radical (unpaired) electrons. The number of rotatable bonds is 4. The standard InChI is InChI=1S/C18H15BrClNO3/c1-23-17-14-9-12(19)5-8-15(14)21(16(17)18(22)24-2)10-11-3-6-13(20)7-4-11/h3-9H,10H2,1-2H3. The molecule has 0 fully saturated rings. The lowest BCUT2D eigenvalue weighted by Gasteiger charge is -2.10. The van der Waals surface area contributed by atoms with Gasteiger partial charge in [-0.15, -0.1) is 0 Å². The van der Waals surface area contributed by atoms with Gasteiger partial charge in [-0.2, -0.15) is 0 Å². The first kappa shape index (κ1) is 16.9. The van der Waals surface area contributed by atoms with Crippen LogP contribution < -0.4 is 4.74 Å². The summed E-state index contributed by atoms with van der Waals surface area (Å²) in [5.41, 5.74) is 2.31. The second-order valence-electron chi connectivity index (χ2n) is 5.25. The molecule has 3 rings (SSSR count). The summed E-state index contributed by atoms with van der Waals surface area (Å²) in [7, 11) is 2.91. The number of ether oxygens (including phenoxy) is 2. The van der Waals surface area contributed by atoms with Crippen LogP contribution in [0.25, 0.3) is 10.9 Å². The van der Waals surface area contributed by atoms with E-state index in [1.807, 2.05) is 47.0 Å². The fourth-order valence-electron chi connectivity index (χ4n) is 2.74. The predicted octanol–water partition coefficient (Wildman–Crippen LogP) is 4.90. The summed E-state index contributed by atoms with van der Waals surface area (Å²) in [6, 6.07) is 13.3. The molecule has 2 aromatic carbocycles. The fraction of sp³-hybridized carbons (Fsp3) is 0.167. The first-order chi connectivity index (χ1) is 11.5. The van der Waals surface area contributed by atoms with E-state index in [1.54, 1.807) is 7.11 Å². The number of hydrogen-bond donors (Lipinski definition) is 0. The smallest absolute Gasteiger partial charge is 0.358 e. The second kappa shape index (κ2) is 6.87. The molecule has 0 atom stereocenters. The zero-order valence-corrected chi connectivity index (χ0v) is 15.5. The van der Waals surface area contributed by atoms with Crippen molar-refractivity contribution in [3.8, 4) is 5.75 Å². The Kier molecular flexibility index (Phi) is 4.83. The van der Waals surface area contributed by atoms with Crippen molar-refractivity contribution in [2.75, 3.05) is 14.2 Å². The minimum Gasteiger partial charge on any atom is -0.494 e. The van der Waals surface area contributed by atoms with Crippen LogP contribution in [0.5, 0.6) is 5.75 Å². The number of esters is 1. The van der Waals surface area contributed by atoms with Crippen LogP contribution in [0.1, 0.15) is 16.1 Å². The topological polar surface area (TPSA) is 40.5 Å². The molecule has 0 saturated heterocycles. The summed E-state index contributed by atoms with van der Waals surface area (Å²) in [4.78, 5) is 12.4. The van der Waals surface area contributed by atoms with Crippen LogP contribution in [0.2, 0.25) is 5.02 Å². The van der Waals surface area contributed by atoms with Crippen molar-refractivity contribution >= 4 is 44.4 Å². The Hall–Kier alpha value is -1.98. The average molecular weight is 409 g/mol. The first-order valence-electron chi connectivity index (χ1n) is 7.23. The van der Waals surface area contributed by atoms with Crippen LogP contribution in [-0.4, -0.2) is 24.8 Å². The normalized spacial score (nSPS) is 10.8. The van der Waals surface area contributed by atoms with Gasteiger partial charge in [-0.3, -0.25) is 0 Å². The Balaban J connectivity index is 2.23. The second-order valence-corrected chi connectivity index (χ2v) is 6.60. The summed E-state index contributed by atoms with van der Waals surface area (Å²) in [6.07, 6.45) is 0. The van der Waals surface area contributed by atoms with E-state index in [0.717, 1.165) is 20.9 Å². The predicted molar refractivity (Wildman–Crippen MR) is 98.1 cm³/mol. The van der Waals surface area contributed by atoms with Gasteiger partial charge in [-0.1, -0.05) is 39.7 Å². The molecular weight excluding hydrogens is 394 g/mol. The van der Waals surface area contributed by atoms with Gasteiger partial charge in [0.15, 0.2) is 11.4 Å². The van der Waals surface area contributed by atoms with Crippen LogP contribution in [-0.2, 0) is 11.3 Å². The van der Waals surface area contributed by atoms with Gasteiger partial charge in [0.1, 0.15) is 0 Å². The molecule has 0 spiro atoms. The number of aromatic nitrogens is 1. The third-order valence-electron chi connectivity index (χ3n) is 3.82. The third-order valence-corrected chi connectivity index (χ3v) is 4.56. The Bertz CT molecular complexity index is 903. The fourth-order valence-corrected chi connectivity index (χ4v) is 3.23. The number of halogens is 2. The number of carbonyl (C=O) groups is 1. The Morgan fingerprint density at radius 3 is 2.50 bits per heavy atom. The van der Waals surface area contributed by atoms with Crippen molar-refractivity contribution in [1.29, 1.82) is 0 Å². The van der Waals surface area contributed by atoms with Gasteiger partial charge >= 0.3 is 5.97 Å². The number of benzene rings is 2. The maximum absolute atomic E-state index is 12.4. The molecule has 6 heteroatoms. The Morgan fingerprint density at radius 2 is 1.88 bits per heavy atom. The van der Waals surface area contributed by atoms with Crippen LogP contribution in [0.15, 0.2) is 46.9 Å². The number of methoxy groups -OCH3 is 2. The molecule has 0 aliphatic carbocycles. The quantitative estimate of drug-likeness (QED) is 0.576. The lowest BCUT2D eigenvalue weighted by molar-refractivity contribution is 0.0585. The van der Waals surface area contributed by atoms with Crippen molar-refractivity contribution in [3.05, 3.63) is 63.2 Å².